The van der Waals surface area contributed by atoms with Crippen LogP contribution in [0.25, 0.3) is 6.08 Å². The SMILES string of the molecule is CCN(CC)CCOC(=O)/C=C/c1ccc([N+](=O)[O-])o1.[Cl-]. The number of carbonyl (C=O) groups excluding carboxylic acids is 1. The van der Waals surface area contributed by atoms with Gasteiger partial charge in [0.2, 0.25) is 0 Å². The molecule has 0 radical (unpaired) electrons. The van der Waals surface area contributed by atoms with Crippen molar-refractivity contribution in [1.29, 1.82) is 0 Å². The van der Waals surface area contributed by atoms with E-state index in [1.165, 1.54) is 24.3 Å². The van der Waals surface area contributed by atoms with Crippen molar-refractivity contribution in [3.05, 3.63) is 34.1 Å². The van der Waals surface area contributed by atoms with Crippen molar-refractivity contribution in [2.24, 2.45) is 0 Å². The van der Waals surface area contributed by atoms with Crippen molar-refractivity contribution in [2.75, 3.05) is 26.2 Å². The minimum atomic E-state index is -0.639. The molecule has 118 valence electrons. The first kappa shape index (κ1) is 19.1. The third-order valence-corrected chi connectivity index (χ3v) is 2.72. The molecule has 1 aromatic rings. The average molecular weight is 318 g/mol. The topological polar surface area (TPSA) is 85.8 Å². The molecular weight excluding hydrogens is 300 g/mol. The van der Waals surface area contributed by atoms with Gasteiger partial charge in [0.25, 0.3) is 0 Å². The summed E-state index contributed by atoms with van der Waals surface area (Å²) in [7, 11) is 0. The summed E-state index contributed by atoms with van der Waals surface area (Å²) in [4.78, 5) is 23.3. The molecule has 0 bridgehead atoms. The number of nitrogens with zero attached hydrogens (tertiary/aromatic N) is 2. The molecule has 0 amide bonds. The predicted molar refractivity (Wildman–Crippen MR) is 73.1 cm³/mol. The summed E-state index contributed by atoms with van der Waals surface area (Å²) in [5.74, 6) is -0.631. The molecule has 1 aromatic heterocycles. The molecule has 0 saturated carbocycles. The van der Waals surface area contributed by atoms with Gasteiger partial charge in [-0.3, -0.25) is 10.1 Å². The Morgan fingerprint density at radius 2 is 2.10 bits per heavy atom. The van der Waals surface area contributed by atoms with E-state index in [0.717, 1.165) is 13.1 Å². The Hall–Kier alpha value is -1.86. The number of ether oxygens (including phenoxy) is 1. The molecule has 0 aliphatic rings. The van der Waals surface area contributed by atoms with E-state index in [9.17, 15) is 14.9 Å². The summed E-state index contributed by atoms with van der Waals surface area (Å²) >= 11 is 0. The molecule has 0 unspecified atom stereocenters. The molecule has 0 N–H and O–H groups in total. The molecule has 0 spiro atoms. The summed E-state index contributed by atoms with van der Waals surface area (Å²) in [6, 6.07) is 2.64. The maximum absolute atomic E-state index is 11.4. The summed E-state index contributed by atoms with van der Waals surface area (Å²) in [6.45, 7) is 6.87. The lowest BCUT2D eigenvalue weighted by atomic mass is 10.4. The van der Waals surface area contributed by atoms with Crippen LogP contribution in [0.5, 0.6) is 0 Å². The number of hydrogen-bond acceptors (Lipinski definition) is 6. The van der Waals surface area contributed by atoms with Crippen LogP contribution in [0.3, 0.4) is 0 Å². The van der Waals surface area contributed by atoms with Gasteiger partial charge in [0.1, 0.15) is 17.3 Å². The second kappa shape index (κ2) is 9.95. The Kier molecular flexibility index (Phi) is 9.07. The van der Waals surface area contributed by atoms with Crippen molar-refractivity contribution < 1.29 is 31.3 Å². The zero-order valence-electron chi connectivity index (χ0n) is 12.0. The Labute approximate surface area is 129 Å². The number of rotatable bonds is 8. The van der Waals surface area contributed by atoms with E-state index in [-0.39, 0.29) is 24.1 Å². The minimum absolute atomic E-state index is 0. The summed E-state index contributed by atoms with van der Waals surface area (Å²) < 4.78 is 9.88. The molecule has 0 saturated heterocycles. The van der Waals surface area contributed by atoms with Gasteiger partial charge >= 0.3 is 11.9 Å². The largest absolute Gasteiger partial charge is 1.00 e. The first-order valence-corrected chi connectivity index (χ1v) is 6.38. The van der Waals surface area contributed by atoms with E-state index in [1.807, 2.05) is 13.8 Å². The maximum atomic E-state index is 11.4. The van der Waals surface area contributed by atoms with Gasteiger partial charge in [0.05, 0.1) is 6.07 Å². The van der Waals surface area contributed by atoms with Gasteiger partial charge in [-0.2, -0.15) is 0 Å². The lowest BCUT2D eigenvalue weighted by Gasteiger charge is -2.16. The van der Waals surface area contributed by atoms with E-state index in [0.29, 0.717) is 13.2 Å². The normalized spacial score (nSPS) is 10.6. The molecule has 1 heterocycles. The van der Waals surface area contributed by atoms with Crippen molar-refractivity contribution in [3.8, 4) is 0 Å². The molecule has 7 nitrogen and oxygen atoms in total. The van der Waals surface area contributed by atoms with Crippen molar-refractivity contribution in [1.82, 2.24) is 4.90 Å². The van der Waals surface area contributed by atoms with E-state index in [4.69, 9.17) is 9.15 Å². The molecule has 8 heteroatoms. The number of furan rings is 1. The number of halogens is 1. The van der Waals surface area contributed by atoms with Crippen molar-refractivity contribution >= 4 is 17.9 Å². The Bertz CT molecular complexity index is 483. The highest BCUT2D eigenvalue weighted by molar-refractivity contribution is 5.86. The van der Waals surface area contributed by atoms with Crippen molar-refractivity contribution in [2.45, 2.75) is 13.8 Å². The van der Waals surface area contributed by atoms with Crippen LogP contribution in [0.15, 0.2) is 22.6 Å². The molecule has 1 rings (SSSR count). The van der Waals surface area contributed by atoms with Crippen LogP contribution in [0, 0.1) is 10.1 Å². The van der Waals surface area contributed by atoms with Gasteiger partial charge in [0.15, 0.2) is 0 Å². The van der Waals surface area contributed by atoms with Crippen LogP contribution < -0.4 is 12.4 Å². The van der Waals surface area contributed by atoms with Crippen LogP contribution in [0.4, 0.5) is 5.88 Å². The molecule has 0 fully saturated rings. The van der Waals surface area contributed by atoms with Crippen LogP contribution in [-0.4, -0.2) is 42.0 Å². The van der Waals surface area contributed by atoms with Gasteiger partial charge in [0, 0.05) is 12.6 Å². The van der Waals surface area contributed by atoms with Gasteiger partial charge < -0.3 is 26.5 Å². The third kappa shape index (κ3) is 6.92. The number of hydrogen-bond donors (Lipinski definition) is 0. The minimum Gasteiger partial charge on any atom is -1.00 e. The second-order valence-corrected chi connectivity index (χ2v) is 3.96. The molecule has 0 aliphatic heterocycles. The summed E-state index contributed by atoms with van der Waals surface area (Å²) in [5.41, 5.74) is 0. The molecule has 0 atom stereocenters. The van der Waals surface area contributed by atoms with E-state index < -0.39 is 10.9 Å². The molecule has 21 heavy (non-hydrogen) atoms. The predicted octanol–water partition coefficient (Wildman–Crippen LogP) is -0.910. The quantitative estimate of drug-likeness (QED) is 0.267. The smallest absolute Gasteiger partial charge is 0.433 e. The standard InChI is InChI=1S/C13H18N2O5.ClH/c1-3-14(4-2)9-10-19-13(16)8-6-11-5-7-12(20-11)15(17)18;/h5-8H,3-4,9-10H2,1-2H3;1H/p-1/b8-6+;. The summed E-state index contributed by atoms with van der Waals surface area (Å²) in [5, 5.41) is 10.4. The monoisotopic (exact) mass is 317 g/mol. The zero-order chi connectivity index (χ0) is 15.0. The zero-order valence-corrected chi connectivity index (χ0v) is 12.7. The first-order valence-electron chi connectivity index (χ1n) is 6.38. The fourth-order valence-electron chi connectivity index (χ4n) is 1.54. The average Bonchev–Trinajstić information content (AvgIpc) is 2.90. The van der Waals surface area contributed by atoms with Gasteiger partial charge in [-0.25, -0.2) is 4.79 Å². The number of nitro groups is 1. The Morgan fingerprint density at radius 3 is 2.62 bits per heavy atom. The van der Waals surface area contributed by atoms with Crippen LogP contribution in [0.1, 0.15) is 19.6 Å². The van der Waals surface area contributed by atoms with Crippen LogP contribution in [-0.2, 0) is 9.53 Å². The third-order valence-electron chi connectivity index (χ3n) is 2.72. The maximum Gasteiger partial charge on any atom is 0.433 e. The molecular formula is C13H18ClN2O5-. The number of esters is 1. The summed E-state index contributed by atoms with van der Waals surface area (Å²) in [6.07, 6.45) is 2.53. The Balaban J connectivity index is 0.00000400. The highest BCUT2D eigenvalue weighted by Gasteiger charge is 2.10. The van der Waals surface area contributed by atoms with E-state index in [2.05, 4.69) is 4.90 Å². The van der Waals surface area contributed by atoms with Crippen molar-refractivity contribution in [3.63, 3.8) is 0 Å². The van der Waals surface area contributed by atoms with Crippen LogP contribution in [0.2, 0.25) is 0 Å². The fourth-order valence-corrected chi connectivity index (χ4v) is 1.54. The van der Waals surface area contributed by atoms with Gasteiger partial charge in [-0.05, 0) is 25.2 Å². The van der Waals surface area contributed by atoms with Gasteiger partial charge in [-0.1, -0.05) is 13.8 Å². The highest BCUT2D eigenvalue weighted by atomic mass is 35.5. The second-order valence-electron chi connectivity index (χ2n) is 3.96. The highest BCUT2D eigenvalue weighted by Crippen LogP contribution is 2.16. The molecule has 0 aromatic carbocycles. The fraction of sp³-hybridized carbons (Fsp3) is 0.462. The van der Waals surface area contributed by atoms with Gasteiger partial charge in [-0.15, -0.1) is 0 Å². The van der Waals surface area contributed by atoms with E-state index >= 15 is 0 Å². The van der Waals surface area contributed by atoms with Crippen LogP contribution >= 0.6 is 0 Å². The lowest BCUT2D eigenvalue weighted by molar-refractivity contribution is -0.402. The Morgan fingerprint density at radius 1 is 1.43 bits per heavy atom. The number of carbonyl (C=O) groups is 1. The number of likely N-dealkylation sites (N-methyl/N-ethyl adjacent to an activating group) is 1. The molecule has 0 aliphatic carbocycles. The lowest BCUT2D eigenvalue weighted by Crippen LogP contribution is -3.00. The first-order chi connectivity index (χ1) is 9.56. The van der Waals surface area contributed by atoms with E-state index in [1.54, 1.807) is 0 Å².